The van der Waals surface area contributed by atoms with Crippen molar-refractivity contribution in [1.29, 1.82) is 0 Å². The van der Waals surface area contributed by atoms with Gasteiger partial charge in [-0.25, -0.2) is 13.2 Å². The van der Waals surface area contributed by atoms with Gasteiger partial charge in [0, 0.05) is 24.8 Å². The van der Waals surface area contributed by atoms with Gasteiger partial charge in [-0.05, 0) is 44.1 Å². The Hall–Kier alpha value is -1.60. The lowest BCUT2D eigenvalue weighted by atomic mass is 10.2. The number of anilines is 1. The number of amides is 2. The predicted molar refractivity (Wildman–Crippen MR) is 102 cm³/mol. The van der Waals surface area contributed by atoms with Crippen LogP contribution >= 0.6 is 0 Å². The van der Waals surface area contributed by atoms with Crippen molar-refractivity contribution in [3.63, 3.8) is 0 Å². The van der Waals surface area contributed by atoms with E-state index in [1.807, 2.05) is 31.2 Å². The first-order chi connectivity index (χ1) is 11.8. The van der Waals surface area contributed by atoms with E-state index in [-0.39, 0.29) is 23.6 Å². The summed E-state index contributed by atoms with van der Waals surface area (Å²) < 4.78 is 23.7. The Balaban J connectivity index is 2.10. The van der Waals surface area contributed by atoms with Gasteiger partial charge in [0.2, 0.25) is 0 Å². The summed E-state index contributed by atoms with van der Waals surface area (Å²) in [7, 11) is -3.04. The van der Waals surface area contributed by atoms with Crippen LogP contribution in [0.5, 0.6) is 0 Å². The van der Waals surface area contributed by atoms with Gasteiger partial charge in [-0.3, -0.25) is 0 Å². The van der Waals surface area contributed by atoms with Crippen LogP contribution in [0.25, 0.3) is 0 Å². The Kier molecular flexibility index (Phi) is 6.84. The first kappa shape index (κ1) is 19.7. The van der Waals surface area contributed by atoms with E-state index < -0.39 is 9.84 Å². The Morgan fingerprint density at radius 2 is 1.96 bits per heavy atom. The number of urea groups is 1. The van der Waals surface area contributed by atoms with Gasteiger partial charge in [0.15, 0.2) is 9.84 Å². The molecule has 1 N–H and O–H groups in total. The second kappa shape index (κ2) is 8.67. The van der Waals surface area contributed by atoms with Gasteiger partial charge < -0.3 is 15.1 Å². The van der Waals surface area contributed by atoms with E-state index in [0.29, 0.717) is 13.0 Å². The summed E-state index contributed by atoms with van der Waals surface area (Å²) in [6.07, 6.45) is 0.516. The zero-order valence-corrected chi connectivity index (χ0v) is 16.2. The van der Waals surface area contributed by atoms with Crippen molar-refractivity contribution in [2.75, 3.05) is 43.0 Å². The molecule has 1 aliphatic rings. The quantitative estimate of drug-likeness (QED) is 0.803. The molecule has 1 atom stereocenters. The summed E-state index contributed by atoms with van der Waals surface area (Å²) in [6.45, 7) is 9.22. The van der Waals surface area contributed by atoms with E-state index in [2.05, 4.69) is 24.1 Å². The average molecular weight is 368 g/mol. The molecule has 0 unspecified atom stereocenters. The third-order valence-electron chi connectivity index (χ3n) is 4.73. The SMILES string of the molecule is CCN(CC)CCN(C(=O)Nc1cccc(C)c1)[C@H]1CCS(=O)(=O)C1. The third kappa shape index (κ3) is 5.71. The van der Waals surface area contributed by atoms with E-state index in [1.54, 1.807) is 4.90 Å². The number of benzene rings is 1. The smallest absolute Gasteiger partial charge is 0.319 e. The zero-order chi connectivity index (χ0) is 18.4. The monoisotopic (exact) mass is 367 g/mol. The van der Waals surface area contributed by atoms with Crippen LogP contribution in [0, 0.1) is 6.92 Å². The number of nitrogens with zero attached hydrogens (tertiary/aromatic N) is 2. The molecule has 1 fully saturated rings. The van der Waals surface area contributed by atoms with Crippen molar-refractivity contribution < 1.29 is 13.2 Å². The minimum absolute atomic E-state index is 0.0620. The molecule has 0 radical (unpaired) electrons. The number of rotatable bonds is 7. The van der Waals surface area contributed by atoms with Crippen molar-refractivity contribution in [3.8, 4) is 0 Å². The minimum atomic E-state index is -3.04. The molecule has 1 aliphatic heterocycles. The van der Waals surface area contributed by atoms with E-state index in [9.17, 15) is 13.2 Å². The molecule has 0 bridgehead atoms. The van der Waals surface area contributed by atoms with E-state index in [1.165, 1.54) is 0 Å². The van der Waals surface area contributed by atoms with Gasteiger partial charge in [-0.15, -0.1) is 0 Å². The highest BCUT2D eigenvalue weighted by atomic mass is 32.2. The fourth-order valence-corrected chi connectivity index (χ4v) is 4.91. The lowest BCUT2D eigenvalue weighted by molar-refractivity contribution is 0.178. The van der Waals surface area contributed by atoms with Crippen molar-refractivity contribution >= 4 is 21.6 Å². The normalized spacial score (nSPS) is 19.1. The molecule has 6 nitrogen and oxygen atoms in total. The molecule has 2 amide bonds. The molecule has 2 rings (SSSR count). The molecule has 1 aromatic rings. The maximum absolute atomic E-state index is 12.8. The highest BCUT2D eigenvalue weighted by molar-refractivity contribution is 7.91. The molecule has 1 aromatic carbocycles. The predicted octanol–water partition coefficient (Wildman–Crippen LogP) is 2.36. The molecule has 140 valence electrons. The van der Waals surface area contributed by atoms with Crippen LogP contribution in [0.15, 0.2) is 24.3 Å². The highest BCUT2D eigenvalue weighted by Gasteiger charge is 2.34. The number of aryl methyl sites for hydroxylation is 1. The molecular formula is C18H29N3O3S. The third-order valence-corrected chi connectivity index (χ3v) is 6.48. The van der Waals surface area contributed by atoms with Gasteiger partial charge in [0.05, 0.1) is 11.5 Å². The maximum Gasteiger partial charge on any atom is 0.322 e. The standard InChI is InChI=1S/C18H29N3O3S/c1-4-20(5-2)10-11-21(17-9-12-25(23,24)14-17)18(22)19-16-8-6-7-15(3)13-16/h6-8,13,17H,4-5,9-12,14H2,1-3H3,(H,19,22)/t17-/m0/s1. The Bertz CT molecular complexity index is 687. The maximum atomic E-state index is 12.8. The molecule has 7 heteroatoms. The van der Waals surface area contributed by atoms with Crippen LogP contribution in [0.3, 0.4) is 0 Å². The van der Waals surface area contributed by atoms with Crippen LogP contribution in [-0.2, 0) is 9.84 Å². The van der Waals surface area contributed by atoms with Crippen LogP contribution in [0.4, 0.5) is 10.5 Å². The molecule has 0 aromatic heterocycles. The fraction of sp³-hybridized carbons (Fsp3) is 0.611. The fourth-order valence-electron chi connectivity index (χ4n) is 3.18. The van der Waals surface area contributed by atoms with Crippen molar-refractivity contribution in [3.05, 3.63) is 29.8 Å². The van der Waals surface area contributed by atoms with Gasteiger partial charge in [-0.1, -0.05) is 26.0 Å². The average Bonchev–Trinajstić information content (AvgIpc) is 2.91. The van der Waals surface area contributed by atoms with Gasteiger partial charge in [0.25, 0.3) is 0 Å². The number of likely N-dealkylation sites (N-methyl/N-ethyl adjacent to an activating group) is 1. The van der Waals surface area contributed by atoms with Gasteiger partial charge in [-0.2, -0.15) is 0 Å². The second-order valence-corrected chi connectivity index (χ2v) is 8.81. The summed E-state index contributed by atoms with van der Waals surface area (Å²) >= 11 is 0. The van der Waals surface area contributed by atoms with Gasteiger partial charge in [0.1, 0.15) is 0 Å². The number of carbonyl (C=O) groups is 1. The topological polar surface area (TPSA) is 69.7 Å². The van der Waals surface area contributed by atoms with Crippen molar-refractivity contribution in [2.24, 2.45) is 0 Å². The highest BCUT2D eigenvalue weighted by Crippen LogP contribution is 2.19. The van der Waals surface area contributed by atoms with Crippen molar-refractivity contribution in [2.45, 2.75) is 33.2 Å². The number of hydrogen-bond acceptors (Lipinski definition) is 4. The molecular weight excluding hydrogens is 338 g/mol. The van der Waals surface area contributed by atoms with E-state index in [0.717, 1.165) is 30.9 Å². The molecule has 0 spiro atoms. The Morgan fingerprint density at radius 3 is 2.52 bits per heavy atom. The van der Waals surface area contributed by atoms with Crippen molar-refractivity contribution in [1.82, 2.24) is 9.80 Å². The molecule has 1 saturated heterocycles. The summed E-state index contributed by atoms with van der Waals surface area (Å²) in [5.41, 5.74) is 1.80. The Labute approximate surface area is 151 Å². The first-order valence-corrected chi connectivity index (χ1v) is 10.7. The summed E-state index contributed by atoms with van der Waals surface area (Å²) in [5.74, 6) is 0.226. The van der Waals surface area contributed by atoms with E-state index >= 15 is 0 Å². The first-order valence-electron chi connectivity index (χ1n) is 8.91. The number of sulfone groups is 1. The summed E-state index contributed by atoms with van der Waals surface area (Å²) in [4.78, 5) is 16.7. The van der Waals surface area contributed by atoms with Crippen LogP contribution in [0.2, 0.25) is 0 Å². The number of hydrogen-bond donors (Lipinski definition) is 1. The van der Waals surface area contributed by atoms with Gasteiger partial charge >= 0.3 is 6.03 Å². The zero-order valence-electron chi connectivity index (χ0n) is 15.4. The molecule has 25 heavy (non-hydrogen) atoms. The summed E-state index contributed by atoms with van der Waals surface area (Å²) in [6, 6.07) is 7.15. The Morgan fingerprint density at radius 1 is 1.24 bits per heavy atom. The molecule has 1 heterocycles. The minimum Gasteiger partial charge on any atom is -0.319 e. The molecule has 0 aliphatic carbocycles. The number of carbonyl (C=O) groups excluding carboxylic acids is 1. The van der Waals surface area contributed by atoms with Crippen LogP contribution in [-0.4, -0.2) is 68.0 Å². The lowest BCUT2D eigenvalue weighted by Crippen LogP contribution is -2.47. The lowest BCUT2D eigenvalue weighted by Gasteiger charge is -2.31. The van der Waals surface area contributed by atoms with Crippen LogP contribution < -0.4 is 5.32 Å². The van der Waals surface area contributed by atoms with E-state index in [4.69, 9.17) is 0 Å². The number of nitrogens with one attached hydrogen (secondary N) is 1. The largest absolute Gasteiger partial charge is 0.322 e. The second-order valence-electron chi connectivity index (χ2n) is 6.58. The summed E-state index contributed by atoms with van der Waals surface area (Å²) in [5, 5.41) is 2.92. The van der Waals surface area contributed by atoms with Crippen LogP contribution in [0.1, 0.15) is 25.8 Å². The molecule has 0 saturated carbocycles.